The van der Waals surface area contributed by atoms with Crippen molar-refractivity contribution in [2.45, 2.75) is 13.8 Å². The molecule has 0 atom stereocenters. The van der Waals surface area contributed by atoms with E-state index in [-0.39, 0.29) is 30.8 Å². The molecule has 1 rings (SSSR count). The number of nitrogens with one attached hydrogen (secondary N) is 2. The van der Waals surface area contributed by atoms with Crippen molar-refractivity contribution in [2.24, 2.45) is 11.3 Å². The van der Waals surface area contributed by atoms with Gasteiger partial charge in [-0.2, -0.15) is 0 Å². The maximum atomic E-state index is 11.4. The Labute approximate surface area is 93.3 Å². The van der Waals surface area contributed by atoms with Gasteiger partial charge in [-0.05, 0) is 13.8 Å². The van der Waals surface area contributed by atoms with Crippen molar-refractivity contribution in [2.75, 3.05) is 19.6 Å². The van der Waals surface area contributed by atoms with E-state index < -0.39 is 5.41 Å². The first-order chi connectivity index (χ1) is 7.35. The Hall–Kier alpha value is -1.47. The lowest BCUT2D eigenvalue weighted by atomic mass is 9.91. The van der Waals surface area contributed by atoms with Gasteiger partial charge < -0.3 is 0 Å². The number of nitrogens with two attached hydrogens (primary N) is 1. The molecule has 0 bridgehead atoms. The van der Waals surface area contributed by atoms with E-state index in [2.05, 4.69) is 10.7 Å². The summed E-state index contributed by atoms with van der Waals surface area (Å²) in [6, 6.07) is 0. The second-order valence-electron chi connectivity index (χ2n) is 4.47. The van der Waals surface area contributed by atoms with Crippen LogP contribution in [0.15, 0.2) is 0 Å². The molecule has 0 saturated carbocycles. The van der Waals surface area contributed by atoms with Gasteiger partial charge in [-0.3, -0.25) is 30.0 Å². The SMILES string of the molecule is CC(C)(CN1CC(=O)NC(=O)C1)C(=O)NN. The Morgan fingerprint density at radius 3 is 2.38 bits per heavy atom. The van der Waals surface area contributed by atoms with Gasteiger partial charge in [0.05, 0.1) is 18.5 Å². The monoisotopic (exact) mass is 228 g/mol. The third-order valence-electron chi connectivity index (χ3n) is 2.38. The van der Waals surface area contributed by atoms with E-state index in [1.165, 1.54) is 0 Å². The van der Waals surface area contributed by atoms with Gasteiger partial charge in [0.15, 0.2) is 0 Å². The average molecular weight is 228 g/mol. The van der Waals surface area contributed by atoms with Crippen LogP contribution in [0.5, 0.6) is 0 Å². The predicted molar refractivity (Wildman–Crippen MR) is 55.7 cm³/mol. The molecule has 1 aliphatic heterocycles. The molecule has 0 aromatic heterocycles. The summed E-state index contributed by atoms with van der Waals surface area (Å²) in [4.78, 5) is 35.3. The molecule has 7 heteroatoms. The largest absolute Gasteiger partial charge is 0.294 e. The molecule has 0 aromatic carbocycles. The number of hydrogen-bond donors (Lipinski definition) is 3. The first-order valence-electron chi connectivity index (χ1n) is 4.91. The molecule has 4 N–H and O–H groups in total. The van der Waals surface area contributed by atoms with Gasteiger partial charge in [-0.15, -0.1) is 0 Å². The second kappa shape index (κ2) is 4.58. The summed E-state index contributed by atoms with van der Waals surface area (Å²) in [7, 11) is 0. The predicted octanol–water partition coefficient (Wildman–Crippen LogP) is -2.04. The Kier molecular flexibility index (Phi) is 3.61. The molecule has 1 saturated heterocycles. The van der Waals surface area contributed by atoms with Gasteiger partial charge >= 0.3 is 0 Å². The van der Waals surface area contributed by atoms with Gasteiger partial charge in [0, 0.05) is 6.54 Å². The molecular weight excluding hydrogens is 212 g/mol. The summed E-state index contributed by atoms with van der Waals surface area (Å²) in [6.07, 6.45) is 0. The van der Waals surface area contributed by atoms with E-state index in [4.69, 9.17) is 5.84 Å². The van der Waals surface area contributed by atoms with Crippen LogP contribution in [0.2, 0.25) is 0 Å². The number of amides is 3. The van der Waals surface area contributed by atoms with Gasteiger partial charge in [0.1, 0.15) is 0 Å². The number of imide groups is 1. The number of rotatable bonds is 3. The zero-order valence-electron chi connectivity index (χ0n) is 9.37. The summed E-state index contributed by atoms with van der Waals surface area (Å²) in [5.74, 6) is 4.03. The molecule has 0 radical (unpaired) electrons. The smallest absolute Gasteiger partial charge is 0.240 e. The van der Waals surface area contributed by atoms with Crippen molar-refractivity contribution in [3.63, 3.8) is 0 Å². The summed E-state index contributed by atoms with van der Waals surface area (Å²) >= 11 is 0. The van der Waals surface area contributed by atoms with Crippen LogP contribution in [0.4, 0.5) is 0 Å². The Balaban J connectivity index is 2.62. The van der Waals surface area contributed by atoms with Crippen LogP contribution in [0.25, 0.3) is 0 Å². The van der Waals surface area contributed by atoms with Gasteiger partial charge in [-0.1, -0.05) is 0 Å². The van der Waals surface area contributed by atoms with Crippen LogP contribution in [-0.4, -0.2) is 42.3 Å². The molecule has 16 heavy (non-hydrogen) atoms. The van der Waals surface area contributed by atoms with Crippen LogP contribution in [-0.2, 0) is 14.4 Å². The standard InChI is InChI=1S/C9H16N4O3/c1-9(2,8(16)12-10)5-13-3-6(14)11-7(15)4-13/h3-5,10H2,1-2H3,(H,12,16)(H,11,14,15). The van der Waals surface area contributed by atoms with Crippen LogP contribution in [0, 0.1) is 5.41 Å². The minimum Gasteiger partial charge on any atom is -0.294 e. The molecule has 0 aliphatic carbocycles. The highest BCUT2D eigenvalue weighted by molar-refractivity contribution is 5.99. The maximum absolute atomic E-state index is 11.4. The average Bonchev–Trinajstić information content (AvgIpc) is 2.13. The Morgan fingerprint density at radius 2 is 1.94 bits per heavy atom. The van der Waals surface area contributed by atoms with Crippen LogP contribution < -0.4 is 16.6 Å². The lowest BCUT2D eigenvalue weighted by molar-refractivity contribution is -0.139. The number of nitrogens with zero attached hydrogens (tertiary/aromatic N) is 1. The van der Waals surface area contributed by atoms with Crippen molar-refractivity contribution >= 4 is 17.7 Å². The van der Waals surface area contributed by atoms with Gasteiger partial charge in [0.2, 0.25) is 17.7 Å². The third-order valence-corrected chi connectivity index (χ3v) is 2.38. The molecule has 0 spiro atoms. The Bertz CT molecular complexity index is 311. The second-order valence-corrected chi connectivity index (χ2v) is 4.47. The number of hydrazine groups is 1. The van der Waals surface area contributed by atoms with Gasteiger partial charge in [-0.25, -0.2) is 5.84 Å². The number of carbonyl (C=O) groups is 3. The zero-order chi connectivity index (χ0) is 12.3. The first kappa shape index (κ1) is 12.6. The minimum atomic E-state index is -0.743. The zero-order valence-corrected chi connectivity index (χ0v) is 9.37. The Morgan fingerprint density at radius 1 is 1.44 bits per heavy atom. The molecule has 1 fully saturated rings. The highest BCUT2D eigenvalue weighted by Crippen LogP contribution is 2.17. The van der Waals surface area contributed by atoms with E-state index in [0.29, 0.717) is 6.54 Å². The third kappa shape index (κ3) is 3.01. The molecular formula is C9H16N4O3. The normalized spacial score (nSPS) is 18.2. The van der Waals surface area contributed by atoms with E-state index in [1.54, 1.807) is 18.7 Å². The molecule has 0 unspecified atom stereocenters. The first-order valence-corrected chi connectivity index (χ1v) is 4.91. The number of carbonyl (C=O) groups excluding carboxylic acids is 3. The van der Waals surface area contributed by atoms with Crippen molar-refractivity contribution in [3.8, 4) is 0 Å². The van der Waals surface area contributed by atoms with E-state index in [1.807, 2.05) is 0 Å². The summed E-state index contributed by atoms with van der Waals surface area (Å²) in [5.41, 5.74) is 1.32. The molecule has 3 amide bonds. The highest BCUT2D eigenvalue weighted by atomic mass is 16.2. The highest BCUT2D eigenvalue weighted by Gasteiger charge is 2.32. The van der Waals surface area contributed by atoms with Crippen LogP contribution in [0.1, 0.15) is 13.8 Å². The van der Waals surface area contributed by atoms with E-state index >= 15 is 0 Å². The number of piperazine rings is 1. The molecule has 0 aromatic rings. The fraction of sp³-hybridized carbons (Fsp3) is 0.667. The molecule has 7 nitrogen and oxygen atoms in total. The quantitative estimate of drug-likeness (QED) is 0.223. The number of hydrogen-bond acceptors (Lipinski definition) is 5. The van der Waals surface area contributed by atoms with Crippen LogP contribution >= 0.6 is 0 Å². The fourth-order valence-corrected chi connectivity index (χ4v) is 1.63. The van der Waals surface area contributed by atoms with Crippen molar-refractivity contribution in [1.29, 1.82) is 0 Å². The topological polar surface area (TPSA) is 105 Å². The minimum absolute atomic E-state index is 0.118. The van der Waals surface area contributed by atoms with E-state index in [9.17, 15) is 14.4 Å². The summed E-state index contributed by atoms with van der Waals surface area (Å²) in [6.45, 7) is 3.94. The lowest BCUT2D eigenvalue weighted by Gasteiger charge is -2.32. The van der Waals surface area contributed by atoms with Crippen LogP contribution in [0.3, 0.4) is 0 Å². The van der Waals surface area contributed by atoms with Crippen molar-refractivity contribution < 1.29 is 14.4 Å². The molecule has 90 valence electrons. The molecule has 1 heterocycles. The summed E-state index contributed by atoms with van der Waals surface area (Å²) in [5, 5.41) is 2.19. The van der Waals surface area contributed by atoms with Gasteiger partial charge in [0.25, 0.3) is 0 Å². The summed E-state index contributed by atoms with van der Waals surface area (Å²) < 4.78 is 0. The fourth-order valence-electron chi connectivity index (χ4n) is 1.63. The van der Waals surface area contributed by atoms with Crippen molar-refractivity contribution in [3.05, 3.63) is 0 Å². The maximum Gasteiger partial charge on any atom is 0.240 e. The molecule has 1 aliphatic rings. The van der Waals surface area contributed by atoms with E-state index in [0.717, 1.165) is 0 Å². The van der Waals surface area contributed by atoms with Crippen molar-refractivity contribution in [1.82, 2.24) is 15.6 Å². The lowest BCUT2D eigenvalue weighted by Crippen LogP contribution is -2.55.